The predicted octanol–water partition coefficient (Wildman–Crippen LogP) is 4.19. The molecule has 0 fully saturated rings. The monoisotopic (exact) mass is 237 g/mol. The van der Waals surface area contributed by atoms with Gasteiger partial charge in [-0.3, -0.25) is 4.48 Å². The lowest BCUT2D eigenvalue weighted by Gasteiger charge is -2.28. The van der Waals surface area contributed by atoms with Gasteiger partial charge in [-0.2, -0.15) is 0 Å². The summed E-state index contributed by atoms with van der Waals surface area (Å²) in [5.41, 5.74) is 0. The summed E-state index contributed by atoms with van der Waals surface area (Å²) in [6, 6.07) is 0. The maximum absolute atomic E-state index is 4.30. The van der Waals surface area contributed by atoms with Crippen LogP contribution < -0.4 is 0 Å². The van der Waals surface area contributed by atoms with Crippen LogP contribution in [0.3, 0.4) is 0 Å². The molecule has 1 aliphatic rings. The van der Waals surface area contributed by atoms with Crippen molar-refractivity contribution >= 4 is 6.34 Å². The van der Waals surface area contributed by atoms with Crippen LogP contribution in [0, 0.1) is 11.8 Å². The Bertz CT molecular complexity index is 236. The molecule has 0 saturated carbocycles. The minimum Gasteiger partial charge on any atom is -0.254 e. The first kappa shape index (κ1) is 14.4. The van der Waals surface area contributed by atoms with Crippen LogP contribution in [0.5, 0.6) is 0 Å². The Morgan fingerprint density at radius 1 is 0.941 bits per heavy atom. The third kappa shape index (κ3) is 5.49. The second-order valence-electron chi connectivity index (χ2n) is 6.19. The SMILES string of the molecule is CC(C)CCC[N+]1(CCCC(C)C)C=CN=C1. The fourth-order valence-corrected chi connectivity index (χ4v) is 2.35. The van der Waals surface area contributed by atoms with Crippen LogP contribution in [-0.2, 0) is 0 Å². The first-order valence-corrected chi connectivity index (χ1v) is 7.12. The lowest BCUT2D eigenvalue weighted by Crippen LogP contribution is -2.41. The van der Waals surface area contributed by atoms with Crippen molar-refractivity contribution < 1.29 is 4.48 Å². The molecule has 0 N–H and O–H groups in total. The van der Waals surface area contributed by atoms with Gasteiger partial charge in [-0.1, -0.05) is 27.7 Å². The molecular formula is C15H29N2+. The molecule has 0 saturated heterocycles. The Morgan fingerprint density at radius 2 is 1.47 bits per heavy atom. The summed E-state index contributed by atoms with van der Waals surface area (Å²) in [7, 11) is 0. The predicted molar refractivity (Wildman–Crippen MR) is 75.8 cm³/mol. The molecular weight excluding hydrogens is 208 g/mol. The van der Waals surface area contributed by atoms with E-state index in [0.717, 1.165) is 16.3 Å². The second-order valence-corrected chi connectivity index (χ2v) is 6.19. The topological polar surface area (TPSA) is 12.4 Å². The first-order valence-electron chi connectivity index (χ1n) is 7.12. The summed E-state index contributed by atoms with van der Waals surface area (Å²) in [6.07, 6.45) is 11.6. The van der Waals surface area contributed by atoms with Crippen LogP contribution in [0.25, 0.3) is 0 Å². The molecule has 0 atom stereocenters. The molecule has 0 spiro atoms. The third-order valence-corrected chi connectivity index (χ3v) is 3.46. The van der Waals surface area contributed by atoms with Gasteiger partial charge < -0.3 is 0 Å². The van der Waals surface area contributed by atoms with E-state index < -0.39 is 0 Å². The minimum atomic E-state index is 0.814. The molecule has 2 heteroatoms. The zero-order valence-electron chi connectivity index (χ0n) is 12.0. The van der Waals surface area contributed by atoms with Crippen molar-refractivity contribution in [1.82, 2.24) is 0 Å². The van der Waals surface area contributed by atoms with Gasteiger partial charge in [0.1, 0.15) is 6.20 Å². The molecule has 0 amide bonds. The van der Waals surface area contributed by atoms with Crippen molar-refractivity contribution in [3.63, 3.8) is 0 Å². The van der Waals surface area contributed by atoms with Crippen molar-refractivity contribution in [3.05, 3.63) is 12.4 Å². The minimum absolute atomic E-state index is 0.814. The van der Waals surface area contributed by atoms with E-state index in [4.69, 9.17) is 0 Å². The van der Waals surface area contributed by atoms with Gasteiger partial charge in [-0.15, -0.1) is 0 Å². The largest absolute Gasteiger partial charge is 0.254 e. The Balaban J connectivity index is 2.35. The Labute approximate surface area is 107 Å². The molecule has 0 unspecified atom stereocenters. The summed E-state index contributed by atoms with van der Waals surface area (Å²) < 4.78 is 0.986. The average Bonchev–Trinajstić information content (AvgIpc) is 2.66. The number of aliphatic imine (C=N–C) groups is 1. The highest BCUT2D eigenvalue weighted by Gasteiger charge is 2.25. The molecule has 0 bridgehead atoms. The van der Waals surface area contributed by atoms with Gasteiger partial charge in [0, 0.05) is 0 Å². The smallest absolute Gasteiger partial charge is 0.194 e. The summed E-state index contributed by atoms with van der Waals surface area (Å²) in [5, 5.41) is 0. The second kappa shape index (κ2) is 6.95. The number of hydrogen-bond donors (Lipinski definition) is 0. The molecule has 0 aromatic heterocycles. The fraction of sp³-hybridized carbons (Fsp3) is 0.800. The molecule has 0 aromatic rings. The zero-order chi connectivity index (χ0) is 12.7. The summed E-state index contributed by atoms with van der Waals surface area (Å²) in [5.74, 6) is 1.63. The van der Waals surface area contributed by atoms with Crippen LogP contribution >= 0.6 is 0 Å². The van der Waals surface area contributed by atoms with E-state index in [1.807, 2.05) is 6.20 Å². The van der Waals surface area contributed by atoms with Crippen LogP contribution in [0.1, 0.15) is 53.4 Å². The van der Waals surface area contributed by atoms with Crippen molar-refractivity contribution in [2.75, 3.05) is 13.1 Å². The van der Waals surface area contributed by atoms with E-state index in [1.54, 1.807) is 0 Å². The lowest BCUT2D eigenvalue weighted by molar-refractivity contribution is -0.780. The van der Waals surface area contributed by atoms with Crippen LogP contribution in [0.4, 0.5) is 0 Å². The first-order chi connectivity index (χ1) is 8.04. The summed E-state index contributed by atoms with van der Waals surface area (Å²) in [4.78, 5) is 4.30. The van der Waals surface area contributed by atoms with E-state index >= 15 is 0 Å². The van der Waals surface area contributed by atoms with Crippen molar-refractivity contribution in [1.29, 1.82) is 0 Å². The highest BCUT2D eigenvalue weighted by molar-refractivity contribution is 5.50. The van der Waals surface area contributed by atoms with E-state index in [1.165, 1.54) is 38.8 Å². The highest BCUT2D eigenvalue weighted by Crippen LogP contribution is 2.17. The van der Waals surface area contributed by atoms with Crippen LogP contribution in [0.15, 0.2) is 17.4 Å². The van der Waals surface area contributed by atoms with Gasteiger partial charge in [-0.25, -0.2) is 4.99 Å². The van der Waals surface area contributed by atoms with Gasteiger partial charge in [0.2, 0.25) is 0 Å². The summed E-state index contributed by atoms with van der Waals surface area (Å²) in [6.45, 7) is 11.6. The standard InChI is InChI=1S/C15H29N2/c1-14(2)7-5-10-17(12-9-16-13-17)11-6-8-15(3)4/h9,12-15H,5-8,10-11H2,1-4H3/q+1. The van der Waals surface area contributed by atoms with Crippen molar-refractivity contribution in [3.8, 4) is 0 Å². The third-order valence-electron chi connectivity index (χ3n) is 3.46. The van der Waals surface area contributed by atoms with Crippen LogP contribution in [0.2, 0.25) is 0 Å². The molecule has 1 heterocycles. The number of nitrogens with zero attached hydrogens (tertiary/aromatic N) is 2. The van der Waals surface area contributed by atoms with E-state index in [9.17, 15) is 0 Å². The number of hydrogen-bond acceptors (Lipinski definition) is 1. The van der Waals surface area contributed by atoms with Gasteiger partial charge >= 0.3 is 0 Å². The Kier molecular flexibility index (Phi) is 5.90. The van der Waals surface area contributed by atoms with Gasteiger partial charge in [0.15, 0.2) is 6.34 Å². The maximum atomic E-state index is 4.30. The number of quaternary nitrogens is 1. The normalized spacial score (nSPS) is 17.5. The molecule has 17 heavy (non-hydrogen) atoms. The molecule has 1 aliphatic heterocycles. The quantitative estimate of drug-likeness (QED) is 0.561. The van der Waals surface area contributed by atoms with Crippen LogP contribution in [-0.4, -0.2) is 23.9 Å². The molecule has 0 radical (unpaired) electrons. The molecule has 2 nitrogen and oxygen atoms in total. The van der Waals surface area contributed by atoms with Gasteiger partial charge in [0.25, 0.3) is 0 Å². The van der Waals surface area contributed by atoms with Gasteiger partial charge in [-0.05, 0) is 37.5 Å². The molecule has 0 aromatic carbocycles. The Hall–Kier alpha value is -0.630. The fourth-order valence-electron chi connectivity index (χ4n) is 2.35. The average molecular weight is 237 g/mol. The Morgan fingerprint density at radius 3 is 1.82 bits per heavy atom. The van der Waals surface area contributed by atoms with E-state index in [2.05, 4.69) is 45.2 Å². The lowest BCUT2D eigenvalue weighted by atomic mass is 10.1. The molecule has 98 valence electrons. The van der Waals surface area contributed by atoms with Crippen molar-refractivity contribution in [2.24, 2.45) is 16.8 Å². The highest BCUT2D eigenvalue weighted by atomic mass is 15.4. The zero-order valence-corrected chi connectivity index (χ0v) is 12.0. The number of rotatable bonds is 8. The van der Waals surface area contributed by atoms with Crippen molar-refractivity contribution in [2.45, 2.75) is 53.4 Å². The van der Waals surface area contributed by atoms with E-state index in [0.29, 0.717) is 0 Å². The van der Waals surface area contributed by atoms with Gasteiger partial charge in [0.05, 0.1) is 19.3 Å². The molecule has 0 aliphatic carbocycles. The molecule has 1 rings (SSSR count). The summed E-state index contributed by atoms with van der Waals surface area (Å²) >= 11 is 0. The maximum Gasteiger partial charge on any atom is 0.194 e. The van der Waals surface area contributed by atoms with E-state index in [-0.39, 0.29) is 0 Å².